The van der Waals surface area contributed by atoms with E-state index in [-0.39, 0.29) is 0 Å². The molecule has 76 valence electrons. The van der Waals surface area contributed by atoms with Crippen molar-refractivity contribution >= 4 is 21.9 Å². The van der Waals surface area contributed by atoms with E-state index in [9.17, 15) is 4.79 Å². The Balaban J connectivity index is 4.24. The lowest BCUT2D eigenvalue weighted by Crippen LogP contribution is -2.49. The SMILES string of the molecule is C=C(Br)CNC(C)(CCC)C(=O)O. The van der Waals surface area contributed by atoms with Gasteiger partial charge in [-0.2, -0.15) is 0 Å². The molecule has 0 radical (unpaired) electrons. The highest BCUT2D eigenvalue weighted by molar-refractivity contribution is 9.11. The monoisotopic (exact) mass is 249 g/mol. The van der Waals surface area contributed by atoms with Crippen LogP contribution in [-0.2, 0) is 4.79 Å². The van der Waals surface area contributed by atoms with Crippen molar-refractivity contribution in [2.24, 2.45) is 0 Å². The molecule has 3 nitrogen and oxygen atoms in total. The summed E-state index contributed by atoms with van der Waals surface area (Å²) in [5.41, 5.74) is -0.842. The summed E-state index contributed by atoms with van der Waals surface area (Å²) in [7, 11) is 0. The number of hydrogen-bond donors (Lipinski definition) is 2. The van der Waals surface area contributed by atoms with E-state index in [1.54, 1.807) is 6.92 Å². The second-order valence-electron chi connectivity index (χ2n) is 3.26. The first-order valence-corrected chi connectivity index (χ1v) is 5.03. The van der Waals surface area contributed by atoms with E-state index in [1.165, 1.54) is 0 Å². The molecule has 0 heterocycles. The molecule has 0 amide bonds. The molecule has 2 N–H and O–H groups in total. The molecule has 1 atom stereocenters. The number of nitrogens with one attached hydrogen (secondary N) is 1. The van der Waals surface area contributed by atoms with Crippen LogP contribution in [0.15, 0.2) is 11.1 Å². The van der Waals surface area contributed by atoms with Crippen LogP contribution in [0, 0.1) is 0 Å². The summed E-state index contributed by atoms with van der Waals surface area (Å²) in [6, 6.07) is 0. The second-order valence-corrected chi connectivity index (χ2v) is 4.38. The first-order valence-electron chi connectivity index (χ1n) is 4.24. The lowest BCUT2D eigenvalue weighted by Gasteiger charge is -2.25. The average Bonchev–Trinajstić information content (AvgIpc) is 2.01. The van der Waals surface area contributed by atoms with Crippen LogP contribution in [0.4, 0.5) is 0 Å². The Morgan fingerprint density at radius 1 is 1.69 bits per heavy atom. The Bertz CT molecular complexity index is 206. The van der Waals surface area contributed by atoms with Gasteiger partial charge in [0.05, 0.1) is 0 Å². The zero-order chi connectivity index (χ0) is 10.5. The molecule has 1 unspecified atom stereocenters. The van der Waals surface area contributed by atoms with Gasteiger partial charge in [0, 0.05) is 11.0 Å². The van der Waals surface area contributed by atoms with Gasteiger partial charge in [-0.1, -0.05) is 35.9 Å². The summed E-state index contributed by atoms with van der Waals surface area (Å²) >= 11 is 3.18. The molecule has 0 bridgehead atoms. The van der Waals surface area contributed by atoms with Gasteiger partial charge in [0.2, 0.25) is 0 Å². The molecule has 0 aromatic rings. The second kappa shape index (κ2) is 5.40. The number of carboxylic acids is 1. The minimum atomic E-state index is -0.842. The molecule has 0 saturated heterocycles. The third-order valence-electron chi connectivity index (χ3n) is 1.89. The number of carbonyl (C=O) groups is 1. The summed E-state index contributed by atoms with van der Waals surface area (Å²) in [6.45, 7) is 7.77. The van der Waals surface area contributed by atoms with Crippen LogP contribution in [0.2, 0.25) is 0 Å². The van der Waals surface area contributed by atoms with Gasteiger partial charge >= 0.3 is 5.97 Å². The standard InChI is InChI=1S/C9H16BrNO2/c1-4-5-9(3,8(12)13)11-6-7(2)10/h11H,2,4-6H2,1,3H3,(H,12,13). The van der Waals surface area contributed by atoms with Crippen LogP contribution >= 0.6 is 15.9 Å². The van der Waals surface area contributed by atoms with Crippen LogP contribution in [-0.4, -0.2) is 23.2 Å². The lowest BCUT2D eigenvalue weighted by molar-refractivity contribution is -0.144. The normalized spacial score (nSPS) is 15.0. The third kappa shape index (κ3) is 4.43. The van der Waals surface area contributed by atoms with Crippen molar-refractivity contribution in [3.05, 3.63) is 11.1 Å². The molecule has 0 aliphatic rings. The van der Waals surface area contributed by atoms with Gasteiger partial charge < -0.3 is 5.11 Å². The van der Waals surface area contributed by atoms with Crippen molar-refractivity contribution in [3.63, 3.8) is 0 Å². The molecular formula is C9H16BrNO2. The van der Waals surface area contributed by atoms with Crippen LogP contribution < -0.4 is 5.32 Å². The van der Waals surface area contributed by atoms with E-state index in [0.29, 0.717) is 13.0 Å². The number of halogens is 1. The fourth-order valence-electron chi connectivity index (χ4n) is 1.06. The van der Waals surface area contributed by atoms with E-state index in [1.807, 2.05) is 6.92 Å². The predicted molar refractivity (Wildman–Crippen MR) is 57.0 cm³/mol. The molecule has 0 spiro atoms. The van der Waals surface area contributed by atoms with Crippen molar-refractivity contribution in [1.82, 2.24) is 5.32 Å². The molecule has 0 fully saturated rings. The molecule has 4 heteroatoms. The lowest BCUT2D eigenvalue weighted by atomic mass is 9.96. The summed E-state index contributed by atoms with van der Waals surface area (Å²) in [6.07, 6.45) is 1.45. The number of hydrogen-bond acceptors (Lipinski definition) is 2. The van der Waals surface area contributed by atoms with Crippen molar-refractivity contribution in [2.75, 3.05) is 6.54 Å². The fourth-order valence-corrected chi connectivity index (χ4v) is 1.20. The largest absolute Gasteiger partial charge is 0.480 e. The number of carboxylic acid groups (broad SMARTS) is 1. The maximum absolute atomic E-state index is 10.9. The Hall–Kier alpha value is -0.350. The maximum Gasteiger partial charge on any atom is 0.323 e. The quantitative estimate of drug-likeness (QED) is 0.759. The van der Waals surface area contributed by atoms with Gasteiger partial charge in [-0.05, 0) is 13.3 Å². The molecule has 0 rings (SSSR count). The fraction of sp³-hybridized carbons (Fsp3) is 0.667. The molecule has 0 aliphatic heterocycles. The zero-order valence-electron chi connectivity index (χ0n) is 8.06. The smallest absolute Gasteiger partial charge is 0.323 e. The minimum Gasteiger partial charge on any atom is -0.480 e. The van der Waals surface area contributed by atoms with E-state index >= 15 is 0 Å². The van der Waals surface area contributed by atoms with Gasteiger partial charge in [0.15, 0.2) is 0 Å². The van der Waals surface area contributed by atoms with E-state index in [2.05, 4.69) is 27.8 Å². The van der Waals surface area contributed by atoms with Gasteiger partial charge in [-0.25, -0.2) is 0 Å². The zero-order valence-corrected chi connectivity index (χ0v) is 9.65. The first kappa shape index (κ1) is 12.7. The molecule has 13 heavy (non-hydrogen) atoms. The van der Waals surface area contributed by atoms with Gasteiger partial charge in [-0.15, -0.1) is 0 Å². The summed E-state index contributed by atoms with van der Waals surface area (Å²) in [5.74, 6) is -0.817. The van der Waals surface area contributed by atoms with Gasteiger partial charge in [-0.3, -0.25) is 10.1 Å². The van der Waals surface area contributed by atoms with Crippen molar-refractivity contribution in [3.8, 4) is 0 Å². The van der Waals surface area contributed by atoms with Crippen LogP contribution in [0.25, 0.3) is 0 Å². The average molecular weight is 250 g/mol. The van der Waals surface area contributed by atoms with Crippen molar-refractivity contribution < 1.29 is 9.90 Å². The highest BCUT2D eigenvalue weighted by Crippen LogP contribution is 2.13. The van der Waals surface area contributed by atoms with E-state index in [4.69, 9.17) is 5.11 Å². The van der Waals surface area contributed by atoms with Gasteiger partial charge in [0.25, 0.3) is 0 Å². The van der Waals surface area contributed by atoms with Crippen molar-refractivity contribution in [1.29, 1.82) is 0 Å². The Labute approximate surface area is 87.3 Å². The molecule has 0 aromatic carbocycles. The number of aliphatic carboxylic acids is 1. The minimum absolute atomic E-state index is 0.475. The maximum atomic E-state index is 10.9. The van der Waals surface area contributed by atoms with Crippen LogP contribution in [0.5, 0.6) is 0 Å². The molecular weight excluding hydrogens is 234 g/mol. The van der Waals surface area contributed by atoms with Crippen molar-refractivity contribution in [2.45, 2.75) is 32.2 Å². The third-order valence-corrected chi connectivity index (χ3v) is 2.17. The van der Waals surface area contributed by atoms with Crippen LogP contribution in [0.1, 0.15) is 26.7 Å². The summed E-state index contributed by atoms with van der Waals surface area (Å²) in [5, 5.41) is 11.9. The Kier molecular flexibility index (Phi) is 5.25. The summed E-state index contributed by atoms with van der Waals surface area (Å²) < 4.78 is 0.760. The van der Waals surface area contributed by atoms with E-state index < -0.39 is 11.5 Å². The first-order chi connectivity index (χ1) is 5.92. The molecule has 0 aromatic heterocycles. The Morgan fingerprint density at radius 3 is 2.54 bits per heavy atom. The predicted octanol–water partition coefficient (Wildman–Crippen LogP) is 2.13. The number of rotatable bonds is 6. The highest BCUT2D eigenvalue weighted by atomic mass is 79.9. The molecule has 0 aliphatic carbocycles. The Morgan fingerprint density at radius 2 is 2.23 bits per heavy atom. The van der Waals surface area contributed by atoms with E-state index in [0.717, 1.165) is 10.9 Å². The molecule has 0 saturated carbocycles. The summed E-state index contributed by atoms with van der Waals surface area (Å²) in [4.78, 5) is 10.9. The highest BCUT2D eigenvalue weighted by Gasteiger charge is 2.31. The van der Waals surface area contributed by atoms with Crippen LogP contribution in [0.3, 0.4) is 0 Å². The van der Waals surface area contributed by atoms with Gasteiger partial charge in [0.1, 0.15) is 5.54 Å². The topological polar surface area (TPSA) is 49.3 Å².